The molecule has 4 heterocycles. The molecular formula is C41H28O27. The molecule has 1 aliphatic carbocycles. The number of phenols is 11. The molecule has 4 aliphatic heterocycles. The van der Waals surface area contributed by atoms with E-state index in [1.807, 2.05) is 0 Å². The van der Waals surface area contributed by atoms with Crippen LogP contribution in [0.5, 0.6) is 69.0 Å². The molecule has 4 aromatic carbocycles. The van der Waals surface area contributed by atoms with Crippen molar-refractivity contribution in [1.29, 1.82) is 0 Å². The number of esters is 5. The Morgan fingerprint density at radius 3 is 1.68 bits per heavy atom. The van der Waals surface area contributed by atoms with Crippen molar-refractivity contribution in [2.75, 3.05) is 6.61 Å². The SMILES string of the molecule is O=C1O[C@@H]2C3COC(=O)c4cc(O)c(O)c(O)c4-c4c(cc(O)c(O)c4O)C(=O)OC2C(OC(=O)c2cc(O)c(O)c4c2[C@@H]2C1=CC(=O)[C@](O)(O4)C2(O)O)C(OC(=O)c1cc(O)c(O)c(O)c1)O3. The third-order valence-corrected chi connectivity index (χ3v) is 11.5. The molecule has 27 nitrogen and oxygen atoms in total. The molecule has 9 rings (SSSR count). The van der Waals surface area contributed by atoms with Gasteiger partial charge in [0.05, 0.1) is 33.7 Å². The number of hydrogen-bond acceptors (Lipinski definition) is 27. The number of carbonyl (C=O) groups is 6. The number of aromatic hydroxyl groups is 11. The third-order valence-electron chi connectivity index (χ3n) is 11.5. The average molecular weight is 953 g/mol. The Labute approximate surface area is 373 Å². The molecule has 7 atom stereocenters. The van der Waals surface area contributed by atoms with E-state index >= 15 is 0 Å². The molecule has 4 unspecified atom stereocenters. The summed E-state index contributed by atoms with van der Waals surface area (Å²) in [5.41, 5.74) is -8.48. The largest absolute Gasteiger partial charge is 0.504 e. The number of phenolic OH excluding ortho intramolecular Hbond substituents is 11. The van der Waals surface area contributed by atoms with Crippen molar-refractivity contribution in [2.24, 2.45) is 0 Å². The maximum atomic E-state index is 14.6. The summed E-state index contributed by atoms with van der Waals surface area (Å²) in [7, 11) is 0. The summed E-state index contributed by atoms with van der Waals surface area (Å²) in [5, 5.41) is 150. The molecular weight excluding hydrogens is 924 g/mol. The number of ketones is 1. The maximum Gasteiger partial charge on any atom is 0.340 e. The lowest BCUT2D eigenvalue weighted by Gasteiger charge is -2.49. The van der Waals surface area contributed by atoms with Gasteiger partial charge >= 0.3 is 35.6 Å². The zero-order valence-electron chi connectivity index (χ0n) is 33.2. The second kappa shape index (κ2) is 14.8. The van der Waals surface area contributed by atoms with Crippen LogP contribution in [0.3, 0.4) is 0 Å². The Kier molecular flexibility index (Phi) is 9.64. The van der Waals surface area contributed by atoms with Crippen molar-refractivity contribution >= 4 is 35.6 Å². The molecule has 4 aromatic rings. The predicted octanol–water partition coefficient (Wildman–Crippen LogP) is -1.10. The second-order valence-electron chi connectivity index (χ2n) is 15.5. The molecule has 6 bridgehead atoms. The van der Waals surface area contributed by atoms with Crippen molar-refractivity contribution in [3.05, 3.63) is 69.8 Å². The first-order valence-electron chi connectivity index (χ1n) is 19.1. The lowest BCUT2D eigenvalue weighted by molar-refractivity contribution is -0.339. The molecule has 0 saturated carbocycles. The summed E-state index contributed by atoms with van der Waals surface area (Å²) < 4.78 is 38.9. The highest BCUT2D eigenvalue weighted by molar-refractivity contribution is 6.10. The van der Waals surface area contributed by atoms with Crippen LogP contribution in [0.25, 0.3) is 11.1 Å². The fourth-order valence-corrected chi connectivity index (χ4v) is 8.25. The highest BCUT2D eigenvalue weighted by Crippen LogP contribution is 2.59. The number of fused-ring (bicyclic) bond motifs is 4. The second-order valence-corrected chi connectivity index (χ2v) is 15.5. The topological polar surface area (TPSA) is 450 Å². The third kappa shape index (κ3) is 6.21. The summed E-state index contributed by atoms with van der Waals surface area (Å²) in [4.78, 5) is 84.8. The van der Waals surface area contributed by atoms with Crippen LogP contribution in [0.1, 0.15) is 52.9 Å². The van der Waals surface area contributed by atoms with Gasteiger partial charge in [0.25, 0.3) is 5.79 Å². The van der Waals surface area contributed by atoms with Crippen LogP contribution < -0.4 is 4.74 Å². The lowest BCUT2D eigenvalue weighted by atomic mass is 9.70. The van der Waals surface area contributed by atoms with Gasteiger partial charge in [0, 0.05) is 16.7 Å². The molecule has 14 N–H and O–H groups in total. The minimum Gasteiger partial charge on any atom is -0.504 e. The Morgan fingerprint density at radius 1 is 0.574 bits per heavy atom. The van der Waals surface area contributed by atoms with Crippen LogP contribution in [-0.2, 0) is 38.0 Å². The molecule has 1 saturated heterocycles. The Morgan fingerprint density at radius 2 is 1.07 bits per heavy atom. The molecule has 0 aromatic heterocycles. The molecule has 68 heavy (non-hydrogen) atoms. The first kappa shape index (κ1) is 44.3. The molecule has 354 valence electrons. The highest BCUT2D eigenvalue weighted by atomic mass is 16.8. The maximum absolute atomic E-state index is 14.6. The van der Waals surface area contributed by atoms with Gasteiger partial charge in [-0.25, -0.2) is 24.0 Å². The van der Waals surface area contributed by atoms with Crippen molar-refractivity contribution in [3.8, 4) is 80.1 Å². The van der Waals surface area contributed by atoms with Gasteiger partial charge in [0.1, 0.15) is 12.7 Å². The lowest BCUT2D eigenvalue weighted by Crippen LogP contribution is -2.70. The van der Waals surface area contributed by atoms with Crippen LogP contribution in [-0.4, -0.2) is 156 Å². The zero-order chi connectivity index (χ0) is 49.4. The highest BCUT2D eigenvalue weighted by Gasteiger charge is 2.70. The summed E-state index contributed by atoms with van der Waals surface area (Å²) in [6.07, 6.45) is -12.1. The smallest absolute Gasteiger partial charge is 0.340 e. The van der Waals surface area contributed by atoms with Gasteiger partial charge in [-0.1, -0.05) is 0 Å². The van der Waals surface area contributed by atoms with E-state index in [2.05, 4.69) is 0 Å². The molecule has 0 amide bonds. The van der Waals surface area contributed by atoms with Gasteiger partial charge in [0.15, 0.2) is 64.0 Å². The van der Waals surface area contributed by atoms with Gasteiger partial charge in [-0.15, -0.1) is 0 Å². The van der Waals surface area contributed by atoms with E-state index in [0.29, 0.717) is 30.3 Å². The number of hydrogen-bond donors (Lipinski definition) is 14. The van der Waals surface area contributed by atoms with Crippen LogP contribution >= 0.6 is 0 Å². The van der Waals surface area contributed by atoms with Crippen LogP contribution in [0.4, 0.5) is 0 Å². The quantitative estimate of drug-likeness (QED) is 0.0491. The van der Waals surface area contributed by atoms with Crippen molar-refractivity contribution in [2.45, 2.75) is 48.2 Å². The van der Waals surface area contributed by atoms with Gasteiger partial charge in [0.2, 0.25) is 35.4 Å². The molecule has 0 spiro atoms. The van der Waals surface area contributed by atoms with Crippen molar-refractivity contribution < 1.29 is 133 Å². The van der Waals surface area contributed by atoms with Crippen LogP contribution in [0, 0.1) is 0 Å². The molecule has 1 fully saturated rings. The van der Waals surface area contributed by atoms with Gasteiger partial charge < -0.3 is 105 Å². The van der Waals surface area contributed by atoms with E-state index in [0.717, 1.165) is 0 Å². The van der Waals surface area contributed by atoms with Gasteiger partial charge in [-0.05, 0) is 36.4 Å². The van der Waals surface area contributed by atoms with E-state index in [9.17, 15) is 100 Å². The van der Waals surface area contributed by atoms with E-state index in [1.165, 1.54) is 0 Å². The Hall–Kier alpha value is -8.92. The number of carbonyl (C=O) groups excluding carboxylic acids is 6. The summed E-state index contributed by atoms with van der Waals surface area (Å²) in [6.45, 7) is -1.31. The van der Waals surface area contributed by atoms with Crippen molar-refractivity contribution in [3.63, 3.8) is 0 Å². The van der Waals surface area contributed by atoms with E-state index in [1.54, 1.807) is 0 Å². The molecule has 27 heteroatoms. The van der Waals surface area contributed by atoms with Gasteiger partial charge in [-0.3, -0.25) is 4.79 Å². The van der Waals surface area contributed by atoms with Gasteiger partial charge in [-0.2, -0.15) is 0 Å². The fraction of sp³-hybridized carbons (Fsp3) is 0.220. The minimum absolute atomic E-state index is 0.264. The van der Waals surface area contributed by atoms with Crippen molar-refractivity contribution in [1.82, 2.24) is 0 Å². The Balaban J connectivity index is 1.30. The number of benzene rings is 4. The minimum atomic E-state index is -3.98. The van der Waals surface area contributed by atoms with Crippen LogP contribution in [0.15, 0.2) is 42.0 Å². The number of ether oxygens (including phenoxy) is 7. The van der Waals surface area contributed by atoms with E-state index in [-0.39, 0.29) is 6.08 Å². The summed E-state index contributed by atoms with van der Waals surface area (Å²) in [6, 6.07) is 2.32. The first-order chi connectivity index (χ1) is 31.9. The fourth-order valence-electron chi connectivity index (χ4n) is 8.25. The first-order valence-corrected chi connectivity index (χ1v) is 19.1. The average Bonchev–Trinajstić information content (AvgIpc) is 3.28. The summed E-state index contributed by atoms with van der Waals surface area (Å²) >= 11 is 0. The monoisotopic (exact) mass is 952 g/mol. The number of cyclic esters (lactones) is 1. The van der Waals surface area contributed by atoms with E-state index < -0.39 is 204 Å². The van der Waals surface area contributed by atoms with Crippen LogP contribution in [0.2, 0.25) is 0 Å². The molecule has 5 aliphatic rings. The predicted molar refractivity (Wildman–Crippen MR) is 204 cm³/mol. The molecule has 0 radical (unpaired) electrons. The Bertz CT molecular complexity index is 3020. The van der Waals surface area contributed by atoms with E-state index in [4.69, 9.17) is 33.2 Å². The normalized spacial score (nSPS) is 25.7. The number of aliphatic hydroxyl groups is 3. The zero-order valence-corrected chi connectivity index (χ0v) is 33.2. The summed E-state index contributed by atoms with van der Waals surface area (Å²) in [5.74, 6) is -36.5. The standard InChI is InChI=1S/C41H28O27/c42-13-1-8(2-14(43)24(13)48)34(54)67-39-33-32-30(64-38(58)12-6-19(47)41(61)40(59,60)23(12)22-11(37(57)66-33)5-17(46)27(51)31(22)68-41)18(63-39)7-62-35(55)9-3-15(44)25(49)28(52)20(9)21-10(36(56)65-32)4-16(45)26(50)29(21)53/h1-6,18,23,30,32-33,39,42-46,48-53,59-61H,7H2/t18?,23-,30+,32?,33?,39?,41-/m0/s1. The number of rotatable bonds is 2.